The maximum Gasteiger partial charge on any atom is 0.306 e. The van der Waals surface area contributed by atoms with Crippen LogP contribution in [0, 0.1) is 46.3 Å². The summed E-state index contributed by atoms with van der Waals surface area (Å²) < 4.78 is 5.75. The average molecular weight is 514 g/mol. The minimum atomic E-state index is -0.480. The summed E-state index contributed by atoms with van der Waals surface area (Å²) in [6, 6.07) is 0. The Hall–Kier alpha value is -0.610. The lowest BCUT2D eigenvalue weighted by molar-refractivity contribution is -0.163. The summed E-state index contributed by atoms with van der Waals surface area (Å²) in [6.07, 6.45) is 12.4. The highest BCUT2D eigenvalue weighted by atomic mass is 35.5. The fraction of sp³-hybridized carbons (Fsp3) is 0.893. The van der Waals surface area contributed by atoms with Gasteiger partial charge < -0.3 is 4.74 Å². The highest BCUT2D eigenvalue weighted by Gasteiger charge is 2.60. The van der Waals surface area contributed by atoms with E-state index in [0.29, 0.717) is 35.0 Å². The molecule has 4 saturated carbocycles. The Morgan fingerprint density at radius 3 is 2.24 bits per heavy atom. The van der Waals surface area contributed by atoms with Crippen LogP contribution in [0.25, 0.3) is 0 Å². The number of halogens is 2. The van der Waals surface area contributed by atoms with E-state index in [9.17, 15) is 14.4 Å². The summed E-state index contributed by atoms with van der Waals surface area (Å²) in [6.45, 7) is 7.43. The highest BCUT2D eigenvalue weighted by molar-refractivity contribution is 6.63. The van der Waals surface area contributed by atoms with Gasteiger partial charge >= 0.3 is 5.97 Å². The van der Waals surface area contributed by atoms with Gasteiger partial charge in [0, 0.05) is 12.8 Å². The lowest BCUT2D eigenvalue weighted by atomic mass is 9.44. The van der Waals surface area contributed by atoms with Crippen LogP contribution in [-0.2, 0) is 19.1 Å². The third-order valence-corrected chi connectivity index (χ3v) is 11.4. The smallest absolute Gasteiger partial charge is 0.306 e. The summed E-state index contributed by atoms with van der Waals surface area (Å²) in [5, 5.41) is -0.679. The summed E-state index contributed by atoms with van der Waals surface area (Å²) in [4.78, 5) is 34.5. The van der Waals surface area contributed by atoms with E-state index in [1.807, 2.05) is 0 Å². The van der Waals surface area contributed by atoms with E-state index in [1.54, 1.807) is 0 Å². The number of esters is 1. The van der Waals surface area contributed by atoms with Crippen LogP contribution in [0.15, 0.2) is 0 Å². The molecule has 0 bridgehead atoms. The second kappa shape index (κ2) is 10.4. The second-order valence-corrected chi connectivity index (χ2v) is 13.3. The first kappa shape index (κ1) is 26.5. The number of ether oxygens (including phenoxy) is 1. The van der Waals surface area contributed by atoms with Crippen LogP contribution in [0.2, 0.25) is 0 Å². The minimum absolute atomic E-state index is 0.0113. The quantitative estimate of drug-likeness (QED) is 0.253. The van der Waals surface area contributed by atoms with Crippen LogP contribution in [0.1, 0.15) is 104 Å². The summed E-state index contributed by atoms with van der Waals surface area (Å²) in [5.41, 5.74) is 0.736. The fourth-order valence-corrected chi connectivity index (χ4v) is 9.49. The lowest BCUT2D eigenvalue weighted by Crippen LogP contribution is -2.54. The Kier molecular flexibility index (Phi) is 8.09. The van der Waals surface area contributed by atoms with Gasteiger partial charge in [-0.2, -0.15) is 0 Å². The Morgan fingerprint density at radius 2 is 1.53 bits per heavy atom. The Balaban J connectivity index is 1.39. The molecule has 0 aromatic heterocycles. The van der Waals surface area contributed by atoms with Gasteiger partial charge in [-0.15, -0.1) is 0 Å². The number of rotatable bonds is 8. The van der Waals surface area contributed by atoms with E-state index < -0.39 is 5.24 Å². The molecule has 0 aromatic rings. The van der Waals surface area contributed by atoms with Crippen molar-refractivity contribution in [3.8, 4) is 0 Å². The van der Waals surface area contributed by atoms with Crippen LogP contribution in [0.3, 0.4) is 0 Å². The van der Waals surface area contributed by atoms with Gasteiger partial charge in [0.05, 0.1) is 6.42 Å². The zero-order chi connectivity index (χ0) is 24.7. The van der Waals surface area contributed by atoms with Crippen LogP contribution >= 0.6 is 23.2 Å². The molecular weight excluding hydrogens is 471 g/mol. The van der Waals surface area contributed by atoms with Crippen molar-refractivity contribution in [2.75, 3.05) is 0 Å². The SMILES string of the molecule is C[C@H](CCC(=O)Cl)[C@H]1CC[C@H]2[C@@H]3CC[C@@H]4C[C@H](OC(=O)CCC(=O)Cl)CC[C@]4(C)[C@H]3CC[C@]12C. The molecule has 4 fully saturated rings. The van der Waals surface area contributed by atoms with Crippen LogP contribution in [0.4, 0.5) is 0 Å². The van der Waals surface area contributed by atoms with Gasteiger partial charge in [-0.1, -0.05) is 20.8 Å². The largest absolute Gasteiger partial charge is 0.462 e. The Morgan fingerprint density at radius 1 is 0.853 bits per heavy atom. The van der Waals surface area contributed by atoms with Crippen molar-refractivity contribution < 1.29 is 19.1 Å². The molecule has 192 valence electrons. The fourth-order valence-electron chi connectivity index (χ4n) is 9.29. The zero-order valence-corrected chi connectivity index (χ0v) is 22.6. The first-order chi connectivity index (χ1) is 16.0. The minimum Gasteiger partial charge on any atom is -0.462 e. The average Bonchev–Trinajstić information content (AvgIpc) is 3.13. The molecule has 6 heteroatoms. The molecule has 0 heterocycles. The monoisotopic (exact) mass is 512 g/mol. The van der Waals surface area contributed by atoms with Gasteiger partial charge in [0.15, 0.2) is 0 Å². The van der Waals surface area contributed by atoms with E-state index in [1.165, 1.54) is 38.5 Å². The molecule has 0 saturated heterocycles. The standard InChI is InChI=1S/C28H42Cl2O4/c1-17(4-9-24(29)31)21-7-8-22-20-6-5-18-16-19(34-26(33)11-10-25(30)32)12-14-27(18,2)23(20)13-15-28(21,22)3/h17-23H,4-16H2,1-3H3/t17-,18-,19-,20+,21-,22+,23+,27+,28-/m1/s1. The molecule has 4 aliphatic carbocycles. The van der Waals surface area contributed by atoms with E-state index in [2.05, 4.69) is 20.8 Å². The number of hydrogen-bond acceptors (Lipinski definition) is 4. The number of hydrogen-bond donors (Lipinski definition) is 0. The van der Waals surface area contributed by atoms with Crippen molar-refractivity contribution >= 4 is 39.7 Å². The second-order valence-electron chi connectivity index (χ2n) is 12.5. The molecule has 0 radical (unpaired) electrons. The van der Waals surface area contributed by atoms with Gasteiger partial charge in [-0.05, 0) is 134 Å². The Labute approximate surface area is 215 Å². The predicted molar refractivity (Wildman–Crippen MR) is 134 cm³/mol. The van der Waals surface area contributed by atoms with Crippen molar-refractivity contribution in [3.63, 3.8) is 0 Å². The Bertz CT molecular complexity index is 799. The molecular formula is C28H42Cl2O4. The molecule has 0 amide bonds. The van der Waals surface area contributed by atoms with Crippen LogP contribution < -0.4 is 0 Å². The van der Waals surface area contributed by atoms with Gasteiger partial charge in [0.25, 0.3) is 0 Å². The maximum atomic E-state index is 12.2. The summed E-state index contributed by atoms with van der Waals surface area (Å²) >= 11 is 11.0. The van der Waals surface area contributed by atoms with Crippen molar-refractivity contribution in [1.82, 2.24) is 0 Å². The van der Waals surface area contributed by atoms with Crippen molar-refractivity contribution in [3.05, 3.63) is 0 Å². The summed E-state index contributed by atoms with van der Waals surface area (Å²) in [7, 11) is 0. The van der Waals surface area contributed by atoms with E-state index in [-0.39, 0.29) is 30.2 Å². The lowest BCUT2D eigenvalue weighted by Gasteiger charge is -2.61. The molecule has 4 rings (SSSR count). The molecule has 0 N–H and O–H groups in total. The third kappa shape index (κ3) is 5.10. The van der Waals surface area contributed by atoms with E-state index in [4.69, 9.17) is 27.9 Å². The van der Waals surface area contributed by atoms with E-state index >= 15 is 0 Å². The molecule has 0 spiro atoms. The zero-order valence-electron chi connectivity index (χ0n) is 21.1. The molecule has 0 unspecified atom stereocenters. The number of carbonyl (C=O) groups excluding carboxylic acids is 3. The molecule has 4 aliphatic rings. The maximum absolute atomic E-state index is 12.2. The summed E-state index contributed by atoms with van der Waals surface area (Å²) in [5.74, 6) is 3.97. The highest BCUT2D eigenvalue weighted by Crippen LogP contribution is 2.68. The van der Waals surface area contributed by atoms with Gasteiger partial charge in [0.1, 0.15) is 6.10 Å². The normalized spacial score (nSPS) is 42.1. The van der Waals surface area contributed by atoms with Gasteiger partial charge in [-0.25, -0.2) is 0 Å². The first-order valence-electron chi connectivity index (χ1n) is 13.6. The van der Waals surface area contributed by atoms with Gasteiger partial charge in [0.2, 0.25) is 10.5 Å². The molecule has 4 nitrogen and oxygen atoms in total. The third-order valence-electron chi connectivity index (χ3n) is 11.0. The number of carbonyl (C=O) groups is 3. The van der Waals surface area contributed by atoms with Crippen LogP contribution in [0.5, 0.6) is 0 Å². The molecule has 0 aliphatic heterocycles. The predicted octanol–water partition coefficient (Wildman–Crippen LogP) is 7.28. The van der Waals surface area contributed by atoms with Crippen molar-refractivity contribution in [1.29, 1.82) is 0 Å². The van der Waals surface area contributed by atoms with Crippen LogP contribution in [-0.4, -0.2) is 22.6 Å². The van der Waals surface area contributed by atoms with E-state index in [0.717, 1.165) is 43.4 Å². The first-order valence-corrected chi connectivity index (χ1v) is 14.4. The molecule has 0 aromatic carbocycles. The van der Waals surface area contributed by atoms with Crippen molar-refractivity contribution in [2.24, 2.45) is 46.3 Å². The molecule has 34 heavy (non-hydrogen) atoms. The molecule has 9 atom stereocenters. The van der Waals surface area contributed by atoms with Gasteiger partial charge in [-0.3, -0.25) is 14.4 Å². The topological polar surface area (TPSA) is 60.4 Å². The van der Waals surface area contributed by atoms with Crippen molar-refractivity contribution in [2.45, 2.75) is 110 Å². The number of fused-ring (bicyclic) bond motifs is 5.